The zero-order valence-corrected chi connectivity index (χ0v) is 17.1. The molecular weight excluding hydrogens is 380 g/mol. The fourth-order valence-corrected chi connectivity index (χ4v) is 4.83. The average Bonchev–Trinajstić information content (AvgIpc) is 2.69. The van der Waals surface area contributed by atoms with Gasteiger partial charge in [-0.05, 0) is 31.4 Å². The maximum Gasteiger partial charge on any atom is 0.319 e. The van der Waals surface area contributed by atoms with Crippen LogP contribution in [-0.4, -0.2) is 50.8 Å². The number of sulfonamides is 1. The van der Waals surface area contributed by atoms with Crippen LogP contribution in [0.5, 0.6) is 0 Å². The summed E-state index contributed by atoms with van der Waals surface area (Å²) in [4.78, 5) is 22.8. The van der Waals surface area contributed by atoms with E-state index in [1.807, 2.05) is 0 Å². The molecule has 156 valence electrons. The number of nitrogens with one attached hydrogen (secondary N) is 3. The number of piperidine rings is 1. The van der Waals surface area contributed by atoms with Crippen LogP contribution >= 0.6 is 0 Å². The lowest BCUT2D eigenvalue weighted by Gasteiger charge is -2.31. The minimum atomic E-state index is -3.73. The lowest BCUT2D eigenvalue weighted by molar-refractivity contribution is -0.110. The van der Waals surface area contributed by atoms with Crippen LogP contribution in [0.3, 0.4) is 0 Å². The first-order valence-corrected chi connectivity index (χ1v) is 11.3. The molecule has 3 N–H and O–H groups in total. The Balaban J connectivity index is 2.00. The summed E-state index contributed by atoms with van der Waals surface area (Å²) in [5.41, 5.74) is 0.265. The Morgan fingerprint density at radius 2 is 1.89 bits per heavy atom. The van der Waals surface area contributed by atoms with Crippen LogP contribution in [0.15, 0.2) is 29.2 Å². The van der Waals surface area contributed by atoms with E-state index in [1.165, 1.54) is 10.4 Å². The monoisotopic (exact) mass is 410 g/mol. The highest BCUT2D eigenvalue weighted by atomic mass is 32.2. The lowest BCUT2D eigenvalue weighted by atomic mass is 10.1. The molecule has 28 heavy (non-hydrogen) atoms. The van der Waals surface area contributed by atoms with Crippen molar-refractivity contribution in [3.05, 3.63) is 24.3 Å². The molecule has 1 heterocycles. The summed E-state index contributed by atoms with van der Waals surface area (Å²) in [7, 11) is -3.73. The van der Waals surface area contributed by atoms with Gasteiger partial charge in [0.2, 0.25) is 16.4 Å². The van der Waals surface area contributed by atoms with Gasteiger partial charge >= 0.3 is 6.03 Å². The van der Waals surface area contributed by atoms with Gasteiger partial charge in [0.25, 0.3) is 0 Å². The smallest absolute Gasteiger partial charge is 0.319 e. The molecule has 8 nitrogen and oxygen atoms in total. The van der Waals surface area contributed by atoms with Crippen LogP contribution in [0.2, 0.25) is 0 Å². The number of nitrogens with zero attached hydrogens (tertiary/aromatic N) is 1. The summed E-state index contributed by atoms with van der Waals surface area (Å²) >= 11 is 0. The zero-order chi connectivity index (χ0) is 20.4. The molecule has 1 saturated heterocycles. The van der Waals surface area contributed by atoms with E-state index in [-0.39, 0.29) is 16.6 Å². The highest BCUT2D eigenvalue weighted by Gasteiger charge is 2.31. The predicted octanol–water partition coefficient (Wildman–Crippen LogP) is 2.29. The van der Waals surface area contributed by atoms with Crippen molar-refractivity contribution in [2.75, 3.05) is 25.0 Å². The van der Waals surface area contributed by atoms with Gasteiger partial charge in [0.15, 0.2) is 0 Å². The minimum Gasteiger partial charge on any atom is -0.356 e. The maximum absolute atomic E-state index is 13.1. The van der Waals surface area contributed by atoms with E-state index in [2.05, 4.69) is 22.9 Å². The molecule has 9 heteroatoms. The molecule has 1 aromatic carbocycles. The number of carbonyl (C=O) groups excluding carboxylic acids is 2. The Morgan fingerprint density at radius 3 is 2.57 bits per heavy atom. The van der Waals surface area contributed by atoms with Gasteiger partial charge in [-0.2, -0.15) is 4.31 Å². The number of carbonyl (C=O) groups is 2. The van der Waals surface area contributed by atoms with Gasteiger partial charge < -0.3 is 16.0 Å². The highest BCUT2D eigenvalue weighted by molar-refractivity contribution is 7.89. The second kappa shape index (κ2) is 11.0. The maximum atomic E-state index is 13.1. The van der Waals surface area contributed by atoms with Crippen LogP contribution in [-0.2, 0) is 14.8 Å². The van der Waals surface area contributed by atoms with Gasteiger partial charge in [-0.15, -0.1) is 0 Å². The van der Waals surface area contributed by atoms with Gasteiger partial charge in [-0.25, -0.2) is 13.2 Å². The number of unbranched alkanes of at least 4 members (excludes halogenated alkanes) is 3. The third-order valence-electron chi connectivity index (χ3n) is 4.83. The van der Waals surface area contributed by atoms with Crippen molar-refractivity contribution in [2.24, 2.45) is 0 Å². The van der Waals surface area contributed by atoms with Crippen LogP contribution in [0.1, 0.15) is 45.4 Å². The third kappa shape index (κ3) is 6.20. The number of hydrogen-bond acceptors (Lipinski definition) is 4. The van der Waals surface area contributed by atoms with Crippen LogP contribution in [0.25, 0.3) is 0 Å². The minimum absolute atomic E-state index is 0.00388. The Bertz CT molecular complexity index is 746. The fraction of sp³-hybridized carbons (Fsp3) is 0.579. The van der Waals surface area contributed by atoms with Gasteiger partial charge in [0, 0.05) is 25.7 Å². The van der Waals surface area contributed by atoms with E-state index < -0.39 is 16.1 Å². The van der Waals surface area contributed by atoms with Gasteiger partial charge in [0.1, 0.15) is 4.90 Å². The molecular formula is C19H30N4O4S. The molecule has 1 aliphatic heterocycles. The molecule has 0 radical (unpaired) electrons. The average molecular weight is 411 g/mol. The van der Waals surface area contributed by atoms with Gasteiger partial charge in [-0.3, -0.25) is 4.79 Å². The molecule has 0 bridgehead atoms. The summed E-state index contributed by atoms with van der Waals surface area (Å²) in [5, 5.41) is 8.13. The van der Waals surface area contributed by atoms with Crippen LogP contribution in [0.4, 0.5) is 10.5 Å². The number of para-hydroxylation sites is 1. The Morgan fingerprint density at radius 1 is 1.18 bits per heavy atom. The number of rotatable bonds is 10. The first-order valence-electron chi connectivity index (χ1n) is 9.82. The highest BCUT2D eigenvalue weighted by Crippen LogP contribution is 2.26. The Hall–Kier alpha value is -2.13. The van der Waals surface area contributed by atoms with Crippen molar-refractivity contribution < 1.29 is 18.0 Å². The number of hydrogen-bond donors (Lipinski definition) is 3. The molecule has 2 rings (SSSR count). The quantitative estimate of drug-likeness (QED) is 0.406. The summed E-state index contributed by atoms with van der Waals surface area (Å²) in [5.74, 6) is 0. The molecule has 0 spiro atoms. The van der Waals surface area contributed by atoms with Gasteiger partial charge in [-0.1, -0.05) is 38.3 Å². The Labute approximate surface area is 167 Å². The van der Waals surface area contributed by atoms with E-state index in [9.17, 15) is 18.0 Å². The normalized spacial score (nSPS) is 15.8. The number of benzene rings is 1. The molecule has 0 unspecified atom stereocenters. The molecule has 1 fully saturated rings. The van der Waals surface area contributed by atoms with Gasteiger partial charge in [0.05, 0.1) is 5.69 Å². The number of amides is 3. The van der Waals surface area contributed by atoms with Crippen molar-refractivity contribution in [1.82, 2.24) is 14.9 Å². The largest absolute Gasteiger partial charge is 0.356 e. The molecule has 0 aromatic heterocycles. The molecule has 0 saturated carbocycles. The second-order valence-electron chi connectivity index (χ2n) is 6.90. The van der Waals surface area contributed by atoms with Crippen molar-refractivity contribution in [3.8, 4) is 0 Å². The standard InChI is InChI=1S/C19H30N4O4S/c1-2-3-4-7-12-20-19(25)22-17-8-5-6-9-18(17)28(26,27)23-13-10-16(11-14-23)21-15-24/h5-6,8-9,15-16H,2-4,7,10-14H2,1H3,(H,21,24)(H2,20,22,25). The fourth-order valence-electron chi connectivity index (χ4n) is 3.21. The lowest BCUT2D eigenvalue weighted by Crippen LogP contribution is -2.44. The van der Waals surface area contributed by atoms with E-state index >= 15 is 0 Å². The first kappa shape index (κ1) is 22.2. The topological polar surface area (TPSA) is 108 Å². The first-order chi connectivity index (χ1) is 13.5. The van der Waals surface area contributed by atoms with E-state index in [0.29, 0.717) is 38.9 Å². The summed E-state index contributed by atoms with van der Waals surface area (Å²) in [6.07, 6.45) is 5.97. The van der Waals surface area contributed by atoms with E-state index in [0.717, 1.165) is 25.7 Å². The summed E-state index contributed by atoms with van der Waals surface area (Å²) in [6, 6.07) is 6.01. The number of urea groups is 1. The second-order valence-corrected chi connectivity index (χ2v) is 8.81. The number of anilines is 1. The van der Waals surface area contributed by atoms with E-state index in [4.69, 9.17) is 0 Å². The van der Waals surface area contributed by atoms with E-state index in [1.54, 1.807) is 18.2 Å². The van der Waals surface area contributed by atoms with Crippen molar-refractivity contribution in [1.29, 1.82) is 0 Å². The predicted molar refractivity (Wildman–Crippen MR) is 109 cm³/mol. The molecule has 0 aliphatic carbocycles. The van der Waals surface area contributed by atoms with Crippen molar-refractivity contribution in [2.45, 2.75) is 56.4 Å². The summed E-state index contributed by atoms with van der Waals surface area (Å²) < 4.78 is 27.5. The Kier molecular flexibility index (Phi) is 8.72. The molecule has 3 amide bonds. The summed E-state index contributed by atoms with van der Waals surface area (Å²) in [6.45, 7) is 3.33. The third-order valence-corrected chi connectivity index (χ3v) is 6.78. The molecule has 1 aliphatic rings. The zero-order valence-electron chi connectivity index (χ0n) is 16.3. The molecule has 0 atom stereocenters. The molecule has 1 aromatic rings. The van der Waals surface area contributed by atoms with Crippen LogP contribution < -0.4 is 16.0 Å². The van der Waals surface area contributed by atoms with Crippen molar-refractivity contribution in [3.63, 3.8) is 0 Å². The van der Waals surface area contributed by atoms with Crippen molar-refractivity contribution >= 4 is 28.2 Å². The SMILES string of the molecule is CCCCCCNC(=O)Nc1ccccc1S(=O)(=O)N1CCC(NC=O)CC1. The van der Waals surface area contributed by atoms with Crippen LogP contribution in [0, 0.1) is 0 Å².